The smallest absolute Gasteiger partial charge is 0.317 e. The molecule has 0 saturated heterocycles. The highest BCUT2D eigenvalue weighted by Gasteiger charge is 2.10. The molecule has 0 aliphatic heterocycles. The summed E-state index contributed by atoms with van der Waals surface area (Å²) in [6.45, 7) is 3.02. The van der Waals surface area contributed by atoms with Crippen LogP contribution in [0.3, 0.4) is 0 Å². The van der Waals surface area contributed by atoms with E-state index in [9.17, 15) is 9.59 Å². The summed E-state index contributed by atoms with van der Waals surface area (Å²) in [4.78, 5) is 25.4. The number of hydrogen-bond acceptors (Lipinski definition) is 2. The van der Waals surface area contributed by atoms with Crippen LogP contribution < -0.4 is 10.6 Å². The molecule has 126 valence electrons. The molecule has 2 aromatic rings. The zero-order valence-corrected chi connectivity index (χ0v) is 14.3. The Labute approximate surface area is 142 Å². The Balaban J connectivity index is 1.88. The first-order valence-electron chi connectivity index (χ1n) is 7.85. The van der Waals surface area contributed by atoms with E-state index in [1.165, 1.54) is 5.56 Å². The van der Waals surface area contributed by atoms with Gasteiger partial charge in [0.2, 0.25) is 0 Å². The Kier molecular flexibility index (Phi) is 5.95. The normalized spacial score (nSPS) is 10.1. The number of benzene rings is 2. The van der Waals surface area contributed by atoms with Crippen molar-refractivity contribution in [1.82, 2.24) is 15.5 Å². The lowest BCUT2D eigenvalue weighted by atomic mass is 10.1. The molecule has 0 saturated carbocycles. The van der Waals surface area contributed by atoms with Crippen molar-refractivity contribution in [2.75, 3.05) is 14.1 Å². The van der Waals surface area contributed by atoms with Gasteiger partial charge in [-0.25, -0.2) is 4.79 Å². The van der Waals surface area contributed by atoms with Crippen molar-refractivity contribution in [2.45, 2.75) is 20.0 Å². The van der Waals surface area contributed by atoms with E-state index in [-0.39, 0.29) is 11.9 Å². The van der Waals surface area contributed by atoms with Gasteiger partial charge in [-0.3, -0.25) is 4.79 Å². The van der Waals surface area contributed by atoms with Crippen LogP contribution in [-0.2, 0) is 13.1 Å². The molecule has 2 aromatic carbocycles. The predicted molar refractivity (Wildman–Crippen MR) is 94.7 cm³/mol. The molecular formula is C19H23N3O2. The molecule has 0 aromatic heterocycles. The van der Waals surface area contributed by atoms with E-state index in [0.717, 1.165) is 11.1 Å². The molecule has 5 nitrogen and oxygen atoms in total. The summed E-state index contributed by atoms with van der Waals surface area (Å²) in [5.74, 6) is -0.122. The summed E-state index contributed by atoms with van der Waals surface area (Å²) in [6, 6.07) is 15.1. The fourth-order valence-corrected chi connectivity index (χ4v) is 2.35. The van der Waals surface area contributed by atoms with Gasteiger partial charge >= 0.3 is 6.03 Å². The van der Waals surface area contributed by atoms with Crippen molar-refractivity contribution in [1.29, 1.82) is 0 Å². The first-order chi connectivity index (χ1) is 11.5. The largest absolute Gasteiger partial charge is 0.355 e. The van der Waals surface area contributed by atoms with E-state index >= 15 is 0 Å². The molecule has 0 atom stereocenters. The average Bonchev–Trinajstić information content (AvgIpc) is 2.61. The van der Waals surface area contributed by atoms with Gasteiger partial charge in [-0.1, -0.05) is 36.4 Å². The SMILES string of the molecule is CNC(=O)c1ccc(CNC(=O)N(C)Cc2ccccc2C)cc1. The van der Waals surface area contributed by atoms with Crippen molar-refractivity contribution in [2.24, 2.45) is 0 Å². The third-order valence-electron chi connectivity index (χ3n) is 3.90. The highest BCUT2D eigenvalue weighted by Crippen LogP contribution is 2.10. The molecule has 0 heterocycles. The number of carbonyl (C=O) groups excluding carboxylic acids is 2. The second-order valence-corrected chi connectivity index (χ2v) is 5.72. The molecule has 24 heavy (non-hydrogen) atoms. The number of urea groups is 1. The van der Waals surface area contributed by atoms with Crippen LogP contribution in [0.4, 0.5) is 4.79 Å². The fourth-order valence-electron chi connectivity index (χ4n) is 2.35. The standard InChI is InChI=1S/C19H23N3O2/c1-14-6-4-5-7-17(14)13-22(3)19(24)21-12-15-8-10-16(11-9-15)18(23)20-2/h4-11H,12-13H2,1-3H3,(H,20,23)(H,21,24). The minimum Gasteiger partial charge on any atom is -0.355 e. The van der Waals surface area contributed by atoms with Crippen molar-refractivity contribution in [3.05, 3.63) is 70.8 Å². The van der Waals surface area contributed by atoms with Crippen LogP contribution in [0, 0.1) is 6.92 Å². The van der Waals surface area contributed by atoms with Crippen LogP contribution in [0.25, 0.3) is 0 Å². The quantitative estimate of drug-likeness (QED) is 0.888. The molecule has 5 heteroatoms. The number of carbonyl (C=O) groups is 2. The zero-order chi connectivity index (χ0) is 17.5. The molecule has 0 aliphatic carbocycles. The Morgan fingerprint density at radius 1 is 1.04 bits per heavy atom. The fraction of sp³-hybridized carbons (Fsp3) is 0.263. The van der Waals surface area contributed by atoms with E-state index in [2.05, 4.69) is 10.6 Å². The van der Waals surface area contributed by atoms with E-state index in [0.29, 0.717) is 18.7 Å². The van der Waals surface area contributed by atoms with Crippen LogP contribution >= 0.6 is 0 Å². The molecule has 2 rings (SSSR count). The molecule has 0 aliphatic rings. The van der Waals surface area contributed by atoms with Gasteiger partial charge in [0.25, 0.3) is 5.91 Å². The van der Waals surface area contributed by atoms with Gasteiger partial charge in [0.05, 0.1) is 0 Å². The molecule has 0 unspecified atom stereocenters. The Morgan fingerprint density at radius 2 is 1.71 bits per heavy atom. The summed E-state index contributed by atoms with van der Waals surface area (Å²) in [5.41, 5.74) is 3.84. The highest BCUT2D eigenvalue weighted by atomic mass is 16.2. The lowest BCUT2D eigenvalue weighted by Gasteiger charge is -2.19. The summed E-state index contributed by atoms with van der Waals surface area (Å²) in [5, 5.41) is 5.47. The third-order valence-corrected chi connectivity index (χ3v) is 3.90. The number of hydrogen-bond donors (Lipinski definition) is 2. The minimum absolute atomic E-state index is 0.122. The maximum absolute atomic E-state index is 12.2. The van der Waals surface area contributed by atoms with Gasteiger partial charge < -0.3 is 15.5 Å². The molecule has 3 amide bonds. The van der Waals surface area contributed by atoms with Gasteiger partial charge in [0, 0.05) is 32.7 Å². The summed E-state index contributed by atoms with van der Waals surface area (Å²) >= 11 is 0. The summed E-state index contributed by atoms with van der Waals surface area (Å²) in [7, 11) is 3.37. The number of amides is 3. The maximum Gasteiger partial charge on any atom is 0.317 e. The second kappa shape index (κ2) is 8.15. The molecule has 0 spiro atoms. The number of nitrogens with one attached hydrogen (secondary N) is 2. The first kappa shape index (κ1) is 17.5. The molecular weight excluding hydrogens is 302 g/mol. The third kappa shape index (κ3) is 4.59. The van der Waals surface area contributed by atoms with E-state index < -0.39 is 0 Å². The number of aryl methyl sites for hydroxylation is 1. The van der Waals surface area contributed by atoms with Crippen molar-refractivity contribution < 1.29 is 9.59 Å². The lowest BCUT2D eigenvalue weighted by molar-refractivity contribution is 0.0963. The molecule has 2 N–H and O–H groups in total. The second-order valence-electron chi connectivity index (χ2n) is 5.72. The van der Waals surface area contributed by atoms with E-state index in [1.54, 1.807) is 31.1 Å². The van der Waals surface area contributed by atoms with Crippen LogP contribution in [0.5, 0.6) is 0 Å². The number of nitrogens with zero attached hydrogens (tertiary/aromatic N) is 1. The first-order valence-corrected chi connectivity index (χ1v) is 7.85. The Hall–Kier alpha value is -2.82. The van der Waals surface area contributed by atoms with Gasteiger partial charge in [-0.05, 0) is 35.7 Å². The van der Waals surface area contributed by atoms with Crippen LogP contribution in [-0.4, -0.2) is 30.9 Å². The summed E-state index contributed by atoms with van der Waals surface area (Å²) in [6.07, 6.45) is 0. The number of rotatable bonds is 5. The maximum atomic E-state index is 12.2. The zero-order valence-electron chi connectivity index (χ0n) is 14.3. The Bertz CT molecular complexity index is 711. The van der Waals surface area contributed by atoms with Gasteiger partial charge in [0.15, 0.2) is 0 Å². The van der Waals surface area contributed by atoms with E-state index in [4.69, 9.17) is 0 Å². The van der Waals surface area contributed by atoms with Crippen molar-refractivity contribution >= 4 is 11.9 Å². The predicted octanol–water partition coefficient (Wildman–Crippen LogP) is 2.70. The van der Waals surface area contributed by atoms with Crippen LogP contribution in [0.2, 0.25) is 0 Å². The monoisotopic (exact) mass is 325 g/mol. The van der Waals surface area contributed by atoms with Crippen LogP contribution in [0.1, 0.15) is 27.0 Å². The molecule has 0 bridgehead atoms. The highest BCUT2D eigenvalue weighted by molar-refractivity contribution is 5.93. The van der Waals surface area contributed by atoms with E-state index in [1.807, 2.05) is 43.3 Å². The van der Waals surface area contributed by atoms with Crippen molar-refractivity contribution in [3.8, 4) is 0 Å². The summed E-state index contributed by atoms with van der Waals surface area (Å²) < 4.78 is 0. The lowest BCUT2D eigenvalue weighted by Crippen LogP contribution is -2.36. The molecule has 0 radical (unpaired) electrons. The van der Waals surface area contributed by atoms with Gasteiger partial charge in [0.1, 0.15) is 0 Å². The van der Waals surface area contributed by atoms with Crippen LogP contribution in [0.15, 0.2) is 48.5 Å². The minimum atomic E-state index is -0.131. The average molecular weight is 325 g/mol. The van der Waals surface area contributed by atoms with Crippen molar-refractivity contribution in [3.63, 3.8) is 0 Å². The topological polar surface area (TPSA) is 61.4 Å². The Morgan fingerprint density at radius 3 is 2.33 bits per heavy atom. The molecule has 0 fully saturated rings. The van der Waals surface area contributed by atoms with Gasteiger partial charge in [-0.15, -0.1) is 0 Å². The van der Waals surface area contributed by atoms with Gasteiger partial charge in [-0.2, -0.15) is 0 Å².